The molecule has 0 radical (unpaired) electrons. The standard InChI is InChI=1S/C28H30BrN3O4S/c1-20(22-9-3-2-4-10-22)30-28(34)25-12-5-6-13-26(25)31-27(33)23-14-16-32(17-15-23)37(35,36)19-21-8-7-11-24(29)18-21/h2-13,18,20,23H,14-17,19H2,1H3,(H,30,34)(H,31,33)/t20-/m1/s1. The van der Waals surface area contributed by atoms with Gasteiger partial charge in [0.2, 0.25) is 15.9 Å². The zero-order chi connectivity index (χ0) is 26.4. The third kappa shape index (κ3) is 7.06. The number of hydrogen-bond donors (Lipinski definition) is 2. The van der Waals surface area contributed by atoms with Crippen LogP contribution in [0.4, 0.5) is 5.69 Å². The molecule has 2 N–H and O–H groups in total. The maximum Gasteiger partial charge on any atom is 0.253 e. The average molecular weight is 585 g/mol. The van der Waals surface area contributed by atoms with Gasteiger partial charge in [0.05, 0.1) is 23.0 Å². The van der Waals surface area contributed by atoms with Crippen molar-refractivity contribution in [3.63, 3.8) is 0 Å². The Hall–Kier alpha value is -3.01. The van der Waals surface area contributed by atoms with Gasteiger partial charge < -0.3 is 10.6 Å². The molecule has 0 saturated carbocycles. The average Bonchev–Trinajstić information content (AvgIpc) is 2.89. The number of piperidine rings is 1. The van der Waals surface area contributed by atoms with E-state index < -0.39 is 10.0 Å². The van der Waals surface area contributed by atoms with Gasteiger partial charge in [-0.05, 0) is 55.2 Å². The first-order valence-electron chi connectivity index (χ1n) is 12.2. The van der Waals surface area contributed by atoms with Crippen molar-refractivity contribution in [3.8, 4) is 0 Å². The topological polar surface area (TPSA) is 95.6 Å². The molecule has 37 heavy (non-hydrogen) atoms. The van der Waals surface area contributed by atoms with Gasteiger partial charge in [-0.1, -0.05) is 70.5 Å². The molecule has 3 aromatic rings. The molecular weight excluding hydrogens is 554 g/mol. The zero-order valence-electron chi connectivity index (χ0n) is 20.6. The number of para-hydroxylation sites is 1. The van der Waals surface area contributed by atoms with E-state index >= 15 is 0 Å². The highest BCUT2D eigenvalue weighted by molar-refractivity contribution is 9.10. The number of sulfonamides is 1. The Bertz CT molecular complexity index is 1360. The van der Waals surface area contributed by atoms with Gasteiger partial charge in [0.1, 0.15) is 0 Å². The maximum atomic E-state index is 13.1. The van der Waals surface area contributed by atoms with Crippen molar-refractivity contribution in [2.24, 2.45) is 5.92 Å². The number of rotatable bonds is 8. The largest absolute Gasteiger partial charge is 0.345 e. The predicted molar refractivity (Wildman–Crippen MR) is 148 cm³/mol. The van der Waals surface area contributed by atoms with Crippen molar-refractivity contribution in [1.29, 1.82) is 0 Å². The van der Waals surface area contributed by atoms with Crippen molar-refractivity contribution >= 4 is 43.5 Å². The van der Waals surface area contributed by atoms with Crippen LogP contribution in [0, 0.1) is 5.92 Å². The van der Waals surface area contributed by atoms with Gasteiger partial charge >= 0.3 is 0 Å². The summed E-state index contributed by atoms with van der Waals surface area (Å²) in [5, 5.41) is 5.89. The third-order valence-corrected chi connectivity index (χ3v) is 8.88. The van der Waals surface area contributed by atoms with Gasteiger partial charge in [-0.2, -0.15) is 0 Å². The summed E-state index contributed by atoms with van der Waals surface area (Å²) in [6, 6.07) is 23.6. The number of halogens is 1. The molecule has 1 saturated heterocycles. The van der Waals surface area contributed by atoms with E-state index in [4.69, 9.17) is 0 Å². The molecule has 0 bridgehead atoms. The van der Waals surface area contributed by atoms with Crippen LogP contribution in [-0.4, -0.2) is 37.6 Å². The summed E-state index contributed by atoms with van der Waals surface area (Å²) >= 11 is 3.37. The Kier molecular flexibility index (Phi) is 8.79. The lowest BCUT2D eigenvalue weighted by molar-refractivity contribution is -0.120. The molecule has 9 heteroatoms. The van der Waals surface area contributed by atoms with Crippen molar-refractivity contribution in [2.75, 3.05) is 18.4 Å². The monoisotopic (exact) mass is 583 g/mol. The molecule has 0 spiro atoms. The number of nitrogens with one attached hydrogen (secondary N) is 2. The summed E-state index contributed by atoms with van der Waals surface area (Å²) in [6.07, 6.45) is 0.839. The first-order valence-corrected chi connectivity index (χ1v) is 14.6. The van der Waals surface area contributed by atoms with Crippen LogP contribution in [0.25, 0.3) is 0 Å². The summed E-state index contributed by atoms with van der Waals surface area (Å²) in [6.45, 7) is 2.48. The molecule has 194 valence electrons. The number of nitrogens with zero attached hydrogens (tertiary/aromatic N) is 1. The Labute approximate surface area is 226 Å². The second kappa shape index (κ2) is 12.0. The highest BCUT2D eigenvalue weighted by atomic mass is 79.9. The van der Waals surface area contributed by atoms with Crippen LogP contribution in [-0.2, 0) is 20.6 Å². The van der Waals surface area contributed by atoms with E-state index in [-0.39, 0.29) is 42.6 Å². The minimum absolute atomic E-state index is 0.0762. The molecule has 0 aromatic heterocycles. The molecule has 2 amide bonds. The summed E-state index contributed by atoms with van der Waals surface area (Å²) in [5.41, 5.74) is 2.52. The minimum atomic E-state index is -3.49. The fraction of sp³-hybridized carbons (Fsp3) is 0.286. The first kappa shape index (κ1) is 27.0. The Balaban J connectivity index is 1.35. The van der Waals surface area contributed by atoms with Crippen LogP contribution in [0.3, 0.4) is 0 Å². The van der Waals surface area contributed by atoms with Crippen LogP contribution < -0.4 is 10.6 Å². The quantitative estimate of drug-likeness (QED) is 0.384. The number of benzene rings is 3. The lowest BCUT2D eigenvalue weighted by Crippen LogP contribution is -2.42. The molecule has 1 aliphatic rings. The second-order valence-electron chi connectivity index (χ2n) is 9.20. The summed E-state index contributed by atoms with van der Waals surface area (Å²) in [5.74, 6) is -0.898. The molecule has 0 aliphatic carbocycles. The number of anilines is 1. The Morgan fingerprint density at radius 3 is 2.35 bits per heavy atom. The van der Waals surface area contributed by atoms with E-state index in [1.165, 1.54) is 4.31 Å². The van der Waals surface area contributed by atoms with E-state index in [9.17, 15) is 18.0 Å². The molecule has 1 heterocycles. The molecule has 7 nitrogen and oxygen atoms in total. The van der Waals surface area contributed by atoms with Gasteiger partial charge in [-0.3, -0.25) is 9.59 Å². The predicted octanol–water partition coefficient (Wildman–Crippen LogP) is 5.12. The second-order valence-corrected chi connectivity index (χ2v) is 12.1. The number of hydrogen-bond acceptors (Lipinski definition) is 4. The summed E-state index contributed by atoms with van der Waals surface area (Å²) in [4.78, 5) is 26.0. The fourth-order valence-electron chi connectivity index (χ4n) is 4.45. The van der Waals surface area contributed by atoms with Crippen LogP contribution >= 0.6 is 15.9 Å². The van der Waals surface area contributed by atoms with E-state index in [1.807, 2.05) is 49.4 Å². The molecule has 1 atom stereocenters. The Morgan fingerprint density at radius 2 is 1.65 bits per heavy atom. The number of amides is 2. The molecule has 3 aromatic carbocycles. The molecule has 0 unspecified atom stereocenters. The molecule has 1 fully saturated rings. The molecular formula is C28H30BrN3O4S. The van der Waals surface area contributed by atoms with Crippen LogP contribution in [0.1, 0.15) is 47.3 Å². The smallest absolute Gasteiger partial charge is 0.253 e. The van der Waals surface area contributed by atoms with Gasteiger partial charge in [-0.25, -0.2) is 12.7 Å². The van der Waals surface area contributed by atoms with Crippen LogP contribution in [0.5, 0.6) is 0 Å². The highest BCUT2D eigenvalue weighted by Crippen LogP contribution is 2.25. The lowest BCUT2D eigenvalue weighted by Gasteiger charge is -2.30. The SMILES string of the molecule is C[C@@H](NC(=O)c1ccccc1NC(=O)C1CCN(S(=O)(=O)Cc2cccc(Br)c2)CC1)c1ccccc1. The van der Waals surface area contributed by atoms with Crippen LogP contribution in [0.2, 0.25) is 0 Å². The van der Waals surface area contributed by atoms with E-state index in [2.05, 4.69) is 26.6 Å². The number of carbonyl (C=O) groups excluding carboxylic acids is 2. The normalized spacial score (nSPS) is 15.6. The molecule has 1 aliphatic heterocycles. The zero-order valence-corrected chi connectivity index (χ0v) is 23.0. The lowest BCUT2D eigenvalue weighted by atomic mass is 9.97. The van der Waals surface area contributed by atoms with Crippen molar-refractivity contribution in [3.05, 3.63) is 100 Å². The summed E-state index contributed by atoms with van der Waals surface area (Å²) in [7, 11) is -3.49. The van der Waals surface area contributed by atoms with E-state index in [0.717, 1.165) is 10.0 Å². The minimum Gasteiger partial charge on any atom is -0.345 e. The van der Waals surface area contributed by atoms with Gasteiger partial charge in [-0.15, -0.1) is 0 Å². The van der Waals surface area contributed by atoms with E-state index in [1.54, 1.807) is 36.4 Å². The van der Waals surface area contributed by atoms with Crippen molar-refractivity contribution in [1.82, 2.24) is 9.62 Å². The highest BCUT2D eigenvalue weighted by Gasteiger charge is 2.31. The van der Waals surface area contributed by atoms with Gasteiger partial charge in [0, 0.05) is 23.5 Å². The maximum absolute atomic E-state index is 13.1. The number of carbonyl (C=O) groups is 2. The molecule has 4 rings (SSSR count). The van der Waals surface area contributed by atoms with Crippen LogP contribution in [0.15, 0.2) is 83.3 Å². The summed E-state index contributed by atoms with van der Waals surface area (Å²) < 4.78 is 28.1. The third-order valence-electron chi connectivity index (χ3n) is 6.53. The first-order chi connectivity index (χ1) is 17.7. The Morgan fingerprint density at radius 1 is 0.973 bits per heavy atom. The van der Waals surface area contributed by atoms with Crippen molar-refractivity contribution in [2.45, 2.75) is 31.6 Å². The van der Waals surface area contributed by atoms with E-state index in [0.29, 0.717) is 29.7 Å². The fourth-order valence-corrected chi connectivity index (χ4v) is 6.45. The van der Waals surface area contributed by atoms with Gasteiger partial charge in [0.25, 0.3) is 5.91 Å². The van der Waals surface area contributed by atoms with Crippen molar-refractivity contribution < 1.29 is 18.0 Å². The van der Waals surface area contributed by atoms with Gasteiger partial charge in [0.15, 0.2) is 0 Å².